The van der Waals surface area contributed by atoms with Crippen molar-refractivity contribution in [3.8, 4) is 11.4 Å². The first-order valence-corrected chi connectivity index (χ1v) is 10.9. The van der Waals surface area contributed by atoms with Crippen molar-refractivity contribution in [2.45, 2.75) is 39.2 Å². The predicted molar refractivity (Wildman–Crippen MR) is 123 cm³/mol. The van der Waals surface area contributed by atoms with Gasteiger partial charge < -0.3 is 10.1 Å². The molecule has 0 bridgehead atoms. The highest BCUT2D eigenvalue weighted by atomic mass is 16.5. The molecule has 0 spiro atoms. The normalized spacial score (nSPS) is 14.5. The summed E-state index contributed by atoms with van der Waals surface area (Å²) in [7, 11) is 0. The van der Waals surface area contributed by atoms with Gasteiger partial charge in [-0.1, -0.05) is 43.2 Å². The van der Waals surface area contributed by atoms with Gasteiger partial charge in [0.25, 0.3) is 5.91 Å². The third kappa shape index (κ3) is 5.08. The summed E-state index contributed by atoms with van der Waals surface area (Å²) in [6.07, 6.45) is 1.66. The Kier molecular flexibility index (Phi) is 6.48. The van der Waals surface area contributed by atoms with Gasteiger partial charge in [-0.15, -0.1) is 5.10 Å². The van der Waals surface area contributed by atoms with Crippen molar-refractivity contribution < 1.29 is 19.1 Å². The van der Waals surface area contributed by atoms with Crippen LogP contribution < -0.4 is 10.6 Å². The molecule has 1 atom stereocenters. The second-order valence-corrected chi connectivity index (χ2v) is 7.89. The molecule has 3 aromatic rings. The number of aryl methyl sites for hydroxylation is 1. The minimum absolute atomic E-state index is 0.101. The number of nitrogens with zero attached hydrogens (tertiary/aromatic N) is 3. The van der Waals surface area contributed by atoms with Crippen LogP contribution >= 0.6 is 0 Å². The van der Waals surface area contributed by atoms with Crippen molar-refractivity contribution in [3.63, 3.8) is 0 Å². The second kappa shape index (κ2) is 9.64. The van der Waals surface area contributed by atoms with Crippen LogP contribution in [0.15, 0.2) is 48.5 Å². The second-order valence-electron chi connectivity index (χ2n) is 7.89. The number of hydrogen-bond acceptors (Lipinski definition) is 6. The molecule has 2 heterocycles. The maximum atomic E-state index is 12.6. The van der Waals surface area contributed by atoms with Crippen LogP contribution in [0.25, 0.3) is 11.4 Å². The van der Waals surface area contributed by atoms with E-state index >= 15 is 0 Å². The molecule has 1 aliphatic heterocycles. The number of unbranched alkanes of at least 4 members (excludes halogenated alkanes) is 1. The van der Waals surface area contributed by atoms with Crippen molar-refractivity contribution in [1.82, 2.24) is 14.8 Å². The molecule has 2 aromatic carbocycles. The van der Waals surface area contributed by atoms with Crippen LogP contribution in [0.1, 0.15) is 48.1 Å². The van der Waals surface area contributed by atoms with E-state index in [1.807, 2.05) is 38.1 Å². The first-order chi connectivity index (χ1) is 15.9. The molecule has 1 aromatic heterocycles. The summed E-state index contributed by atoms with van der Waals surface area (Å²) in [6.45, 7) is 4.40. The lowest BCUT2D eigenvalue weighted by atomic mass is 10.1. The number of ether oxygens (including phenoxy) is 1. The van der Waals surface area contributed by atoms with Gasteiger partial charge >= 0.3 is 5.97 Å². The number of aromatic nitrogens is 3. The Morgan fingerprint density at radius 1 is 1.12 bits per heavy atom. The lowest BCUT2D eigenvalue weighted by molar-refractivity contribution is -0.123. The lowest BCUT2D eigenvalue weighted by Crippen LogP contribution is -2.23. The summed E-state index contributed by atoms with van der Waals surface area (Å²) in [5.74, 6) is -0.280. The number of carbonyl (C=O) groups is 3. The van der Waals surface area contributed by atoms with Crippen LogP contribution in [-0.2, 0) is 14.3 Å². The summed E-state index contributed by atoms with van der Waals surface area (Å²) < 4.78 is 6.63. The molecular weight excluding hydrogens is 422 g/mol. The van der Waals surface area contributed by atoms with Crippen LogP contribution in [-0.4, -0.2) is 39.2 Å². The number of nitrogens with one attached hydrogen (secondary N) is 2. The van der Waals surface area contributed by atoms with E-state index in [-0.39, 0.29) is 18.2 Å². The van der Waals surface area contributed by atoms with Gasteiger partial charge in [0.2, 0.25) is 11.9 Å². The van der Waals surface area contributed by atoms with Gasteiger partial charge in [-0.2, -0.15) is 4.98 Å². The number of hydrogen-bond donors (Lipinski definition) is 2. The van der Waals surface area contributed by atoms with Crippen molar-refractivity contribution in [2.75, 3.05) is 17.2 Å². The average Bonchev–Trinajstić information content (AvgIpc) is 3.33. The lowest BCUT2D eigenvalue weighted by Gasteiger charge is -2.10. The van der Waals surface area contributed by atoms with Crippen LogP contribution in [0.2, 0.25) is 0 Å². The van der Waals surface area contributed by atoms with E-state index in [4.69, 9.17) is 4.74 Å². The zero-order valence-electron chi connectivity index (χ0n) is 18.5. The highest BCUT2D eigenvalue weighted by Gasteiger charge is 2.35. The number of benzene rings is 2. The Bertz CT molecular complexity index is 1170. The Labute approximate surface area is 191 Å². The molecule has 9 heteroatoms. The fraction of sp³-hybridized carbons (Fsp3) is 0.292. The van der Waals surface area contributed by atoms with Crippen molar-refractivity contribution in [1.29, 1.82) is 0 Å². The van der Waals surface area contributed by atoms with Crippen molar-refractivity contribution >= 4 is 29.4 Å². The quantitative estimate of drug-likeness (QED) is 0.402. The van der Waals surface area contributed by atoms with E-state index in [1.54, 1.807) is 24.3 Å². The molecule has 2 N–H and O–H groups in total. The van der Waals surface area contributed by atoms with E-state index in [0.29, 0.717) is 29.6 Å². The summed E-state index contributed by atoms with van der Waals surface area (Å²) in [6, 6.07) is 13.4. The van der Waals surface area contributed by atoms with Gasteiger partial charge in [-0.3, -0.25) is 14.9 Å². The Morgan fingerprint density at radius 3 is 2.55 bits per heavy atom. The fourth-order valence-electron chi connectivity index (χ4n) is 3.40. The van der Waals surface area contributed by atoms with Gasteiger partial charge in [-0.05, 0) is 37.6 Å². The van der Waals surface area contributed by atoms with Crippen LogP contribution in [0.3, 0.4) is 0 Å². The molecule has 1 unspecified atom stereocenters. The van der Waals surface area contributed by atoms with Gasteiger partial charge in [-0.25, -0.2) is 9.48 Å². The molecule has 170 valence electrons. The molecule has 2 amide bonds. The van der Waals surface area contributed by atoms with Gasteiger partial charge in [0, 0.05) is 11.3 Å². The molecule has 0 saturated heterocycles. The fourth-order valence-corrected chi connectivity index (χ4v) is 3.40. The monoisotopic (exact) mass is 447 g/mol. The standard InChI is InChI=1S/C24H25N5O4/c1-3-4-13-33-23(32)17-9-11-18(12-10-17)25-20(30)14-19-22(31)27-24-26-21(28-29(19)24)16-7-5-15(2)6-8-16/h5-12,19H,3-4,13-14H2,1-2H3,(H,25,30)(H,26,27,28,31). The highest BCUT2D eigenvalue weighted by molar-refractivity contribution is 6.01. The number of amides is 2. The number of carbonyl (C=O) groups excluding carboxylic acids is 3. The Morgan fingerprint density at radius 2 is 1.85 bits per heavy atom. The molecule has 0 radical (unpaired) electrons. The van der Waals surface area contributed by atoms with E-state index in [2.05, 4.69) is 20.7 Å². The van der Waals surface area contributed by atoms with Gasteiger partial charge in [0.1, 0.15) is 6.04 Å². The molecule has 0 aliphatic carbocycles. The largest absolute Gasteiger partial charge is 0.462 e. The predicted octanol–water partition coefficient (Wildman–Crippen LogP) is 3.73. The van der Waals surface area contributed by atoms with E-state index in [9.17, 15) is 14.4 Å². The third-order valence-electron chi connectivity index (χ3n) is 5.29. The number of esters is 1. The molecule has 0 fully saturated rings. The minimum Gasteiger partial charge on any atom is -0.462 e. The van der Waals surface area contributed by atoms with E-state index < -0.39 is 12.0 Å². The maximum absolute atomic E-state index is 12.6. The summed E-state index contributed by atoms with van der Waals surface area (Å²) in [5, 5.41) is 9.86. The topological polar surface area (TPSA) is 115 Å². The molecular formula is C24H25N5O4. The minimum atomic E-state index is -0.792. The smallest absolute Gasteiger partial charge is 0.338 e. The molecule has 9 nitrogen and oxygen atoms in total. The highest BCUT2D eigenvalue weighted by Crippen LogP contribution is 2.28. The third-order valence-corrected chi connectivity index (χ3v) is 5.29. The average molecular weight is 447 g/mol. The zero-order chi connectivity index (χ0) is 23.4. The maximum Gasteiger partial charge on any atom is 0.338 e. The van der Waals surface area contributed by atoms with Crippen molar-refractivity contribution in [3.05, 3.63) is 59.7 Å². The van der Waals surface area contributed by atoms with Crippen LogP contribution in [0.4, 0.5) is 11.6 Å². The summed E-state index contributed by atoms with van der Waals surface area (Å²) in [4.78, 5) is 41.3. The first-order valence-electron chi connectivity index (χ1n) is 10.9. The summed E-state index contributed by atoms with van der Waals surface area (Å²) >= 11 is 0. The van der Waals surface area contributed by atoms with E-state index in [0.717, 1.165) is 24.0 Å². The van der Waals surface area contributed by atoms with E-state index in [1.165, 1.54) is 4.68 Å². The first kappa shape index (κ1) is 22.2. The number of anilines is 2. The number of fused-ring (bicyclic) bond motifs is 1. The number of rotatable bonds is 8. The molecule has 4 rings (SSSR count). The zero-order valence-corrected chi connectivity index (χ0v) is 18.5. The Balaban J connectivity index is 1.39. The van der Waals surface area contributed by atoms with Crippen molar-refractivity contribution in [2.24, 2.45) is 0 Å². The molecule has 33 heavy (non-hydrogen) atoms. The van der Waals surface area contributed by atoms with Gasteiger partial charge in [0.15, 0.2) is 5.82 Å². The van der Waals surface area contributed by atoms with Crippen LogP contribution in [0.5, 0.6) is 0 Å². The Hall–Kier alpha value is -4.01. The van der Waals surface area contributed by atoms with Gasteiger partial charge in [0.05, 0.1) is 18.6 Å². The molecule has 1 aliphatic rings. The van der Waals surface area contributed by atoms with Crippen LogP contribution in [0, 0.1) is 6.92 Å². The molecule has 0 saturated carbocycles. The summed E-state index contributed by atoms with van der Waals surface area (Å²) in [5.41, 5.74) is 2.88. The SMILES string of the molecule is CCCCOC(=O)c1ccc(NC(=O)CC2C(=O)Nc3nc(-c4ccc(C)cc4)nn32)cc1.